The summed E-state index contributed by atoms with van der Waals surface area (Å²) in [5.41, 5.74) is 1.23. The Kier molecular flexibility index (Phi) is 2.99. The largest absolute Gasteiger partial charge is 0.380 e. The molecule has 0 bridgehead atoms. The van der Waals surface area contributed by atoms with Crippen LogP contribution in [0.1, 0.15) is 28.8 Å². The summed E-state index contributed by atoms with van der Waals surface area (Å²) in [5.74, 6) is -0.0724. The molecule has 1 heterocycles. The van der Waals surface area contributed by atoms with Gasteiger partial charge < -0.3 is 5.11 Å². The van der Waals surface area contributed by atoms with Gasteiger partial charge in [-0.3, -0.25) is 9.78 Å². The average Bonchev–Trinajstić information content (AvgIpc) is 2.72. The number of hydrogen-bond acceptors (Lipinski definition) is 3. The highest BCUT2D eigenvalue weighted by Gasteiger charge is 2.42. The number of carbonyl (C=O) groups is 1. The van der Waals surface area contributed by atoms with Gasteiger partial charge in [0.2, 0.25) is 0 Å². The van der Waals surface area contributed by atoms with Gasteiger partial charge in [-0.05, 0) is 18.1 Å². The molecule has 3 rings (SSSR count). The molecule has 0 radical (unpaired) electrons. The summed E-state index contributed by atoms with van der Waals surface area (Å²) < 4.78 is 0. The van der Waals surface area contributed by atoms with Crippen LogP contribution in [0, 0.1) is 0 Å². The molecular weight excluding hydrogens is 250 g/mol. The number of carbonyl (C=O) groups excluding carboxylic acids is 1. The molecule has 1 atom stereocenters. The van der Waals surface area contributed by atoms with Crippen molar-refractivity contribution in [2.24, 2.45) is 0 Å². The van der Waals surface area contributed by atoms with Crippen LogP contribution < -0.4 is 0 Å². The summed E-state index contributed by atoms with van der Waals surface area (Å²) in [5, 5.41) is 11.2. The molecule has 20 heavy (non-hydrogen) atoms. The van der Waals surface area contributed by atoms with Crippen molar-refractivity contribution < 1.29 is 9.90 Å². The second-order valence-corrected chi connectivity index (χ2v) is 4.99. The fourth-order valence-electron chi connectivity index (χ4n) is 2.92. The zero-order valence-electron chi connectivity index (χ0n) is 11.0. The number of hydrogen-bond donors (Lipinski definition) is 1. The standard InChI is InChI=1S/C17H15NO2/c1-2-9-17(20)14-7-5-3-4-6-12(14)16(19)13-11-18-10-8-15(13)17/h2-6,8,10-11,20H,1,7,9H2. The van der Waals surface area contributed by atoms with Gasteiger partial charge in [-0.15, -0.1) is 6.58 Å². The van der Waals surface area contributed by atoms with Gasteiger partial charge in [-0.1, -0.05) is 30.4 Å². The number of fused-ring (bicyclic) bond motifs is 1. The number of nitrogens with zero attached hydrogens (tertiary/aromatic N) is 1. The Hall–Kier alpha value is -2.26. The molecule has 0 amide bonds. The molecule has 0 spiro atoms. The third-order valence-electron chi connectivity index (χ3n) is 3.85. The van der Waals surface area contributed by atoms with Gasteiger partial charge in [-0.25, -0.2) is 0 Å². The molecule has 3 heteroatoms. The first kappa shape index (κ1) is 12.8. The minimum absolute atomic E-state index is 0.0724. The Bertz CT molecular complexity index is 682. The van der Waals surface area contributed by atoms with Crippen molar-refractivity contribution in [2.45, 2.75) is 18.4 Å². The normalized spacial score (nSPS) is 24.1. The monoisotopic (exact) mass is 265 g/mol. The molecule has 2 aliphatic rings. The van der Waals surface area contributed by atoms with Crippen LogP contribution in [0.3, 0.4) is 0 Å². The quantitative estimate of drug-likeness (QED) is 0.836. The van der Waals surface area contributed by atoms with Crippen LogP contribution >= 0.6 is 0 Å². The van der Waals surface area contributed by atoms with Gasteiger partial charge in [0.25, 0.3) is 0 Å². The Morgan fingerprint density at radius 3 is 3.10 bits per heavy atom. The number of ketones is 1. The maximum Gasteiger partial charge on any atom is 0.195 e. The predicted molar refractivity (Wildman–Crippen MR) is 77.2 cm³/mol. The van der Waals surface area contributed by atoms with Crippen LogP contribution in [0.4, 0.5) is 0 Å². The van der Waals surface area contributed by atoms with Crippen LogP contribution in [0.15, 0.2) is 66.6 Å². The third kappa shape index (κ3) is 1.71. The van der Waals surface area contributed by atoms with E-state index >= 15 is 0 Å². The Labute approximate surface area is 117 Å². The Balaban J connectivity index is 2.30. The van der Waals surface area contributed by atoms with Crippen LogP contribution in [0.25, 0.3) is 0 Å². The molecule has 0 saturated heterocycles. The number of rotatable bonds is 2. The first-order valence-corrected chi connectivity index (χ1v) is 6.58. The SMILES string of the molecule is C=CCC1(O)C2=C(C=CC=CC2)C(=O)c2cnccc21. The van der Waals surface area contributed by atoms with Crippen LogP contribution in [0.2, 0.25) is 0 Å². The van der Waals surface area contributed by atoms with E-state index in [0.29, 0.717) is 29.5 Å². The minimum Gasteiger partial charge on any atom is -0.380 e. The van der Waals surface area contributed by atoms with Gasteiger partial charge in [0.1, 0.15) is 5.60 Å². The van der Waals surface area contributed by atoms with Crippen LogP contribution in [0.5, 0.6) is 0 Å². The molecule has 0 fully saturated rings. The van der Waals surface area contributed by atoms with Crippen LogP contribution in [-0.2, 0) is 5.60 Å². The summed E-state index contributed by atoms with van der Waals surface area (Å²) in [4.78, 5) is 16.6. The summed E-state index contributed by atoms with van der Waals surface area (Å²) in [6.07, 6.45) is 13.2. The van der Waals surface area contributed by atoms with E-state index < -0.39 is 5.60 Å². The molecule has 3 nitrogen and oxygen atoms in total. The molecular formula is C17H15NO2. The van der Waals surface area contributed by atoms with E-state index in [4.69, 9.17) is 0 Å². The molecule has 0 aliphatic heterocycles. The Morgan fingerprint density at radius 1 is 1.45 bits per heavy atom. The average molecular weight is 265 g/mol. The zero-order valence-corrected chi connectivity index (χ0v) is 11.0. The predicted octanol–water partition coefficient (Wildman–Crippen LogP) is 2.85. The maximum absolute atomic E-state index is 12.6. The summed E-state index contributed by atoms with van der Waals surface area (Å²) in [7, 11) is 0. The lowest BCUT2D eigenvalue weighted by Gasteiger charge is -2.36. The Morgan fingerprint density at radius 2 is 2.30 bits per heavy atom. The fraction of sp³-hybridized carbons (Fsp3) is 0.176. The lowest BCUT2D eigenvalue weighted by Crippen LogP contribution is -2.35. The topological polar surface area (TPSA) is 50.2 Å². The molecule has 0 aromatic carbocycles. The smallest absolute Gasteiger partial charge is 0.195 e. The van der Waals surface area contributed by atoms with E-state index in [0.717, 1.165) is 5.57 Å². The number of pyridine rings is 1. The van der Waals surface area contributed by atoms with Gasteiger partial charge in [-0.2, -0.15) is 0 Å². The van der Waals surface area contributed by atoms with Crippen molar-refractivity contribution in [3.63, 3.8) is 0 Å². The zero-order chi connectivity index (χ0) is 14.2. The molecule has 1 aromatic heterocycles. The number of aromatic nitrogens is 1. The minimum atomic E-state index is -1.18. The van der Waals surface area contributed by atoms with E-state index in [1.54, 1.807) is 24.4 Å². The van der Waals surface area contributed by atoms with Crippen molar-refractivity contribution in [1.29, 1.82) is 0 Å². The molecule has 100 valence electrons. The second kappa shape index (κ2) is 4.69. The van der Waals surface area contributed by atoms with Gasteiger partial charge >= 0.3 is 0 Å². The van der Waals surface area contributed by atoms with Crippen molar-refractivity contribution in [1.82, 2.24) is 4.98 Å². The van der Waals surface area contributed by atoms with Gasteiger partial charge in [0.05, 0.1) is 0 Å². The first-order valence-electron chi connectivity index (χ1n) is 6.58. The summed E-state index contributed by atoms with van der Waals surface area (Å²) in [6, 6.07) is 1.72. The number of aliphatic hydroxyl groups is 1. The van der Waals surface area contributed by atoms with E-state index in [-0.39, 0.29) is 5.78 Å². The molecule has 2 aliphatic carbocycles. The van der Waals surface area contributed by atoms with Crippen molar-refractivity contribution >= 4 is 5.78 Å². The molecule has 1 N–H and O–H groups in total. The molecule has 0 saturated carbocycles. The van der Waals surface area contributed by atoms with Crippen LogP contribution in [-0.4, -0.2) is 15.9 Å². The second-order valence-electron chi connectivity index (χ2n) is 4.99. The first-order chi connectivity index (χ1) is 9.68. The lowest BCUT2D eigenvalue weighted by molar-refractivity contribution is 0.0691. The van der Waals surface area contributed by atoms with Crippen molar-refractivity contribution in [3.05, 3.63) is 77.7 Å². The van der Waals surface area contributed by atoms with Crippen molar-refractivity contribution in [2.75, 3.05) is 0 Å². The number of Topliss-reactive ketones (excluding diaryl/α,β-unsaturated/α-hetero) is 1. The van der Waals surface area contributed by atoms with E-state index in [2.05, 4.69) is 11.6 Å². The maximum atomic E-state index is 12.6. The highest BCUT2D eigenvalue weighted by atomic mass is 16.3. The highest BCUT2D eigenvalue weighted by Crippen LogP contribution is 2.44. The number of allylic oxidation sites excluding steroid dienone is 5. The molecule has 1 aromatic rings. The van der Waals surface area contributed by atoms with E-state index in [1.165, 1.54) is 6.20 Å². The van der Waals surface area contributed by atoms with E-state index in [1.807, 2.05) is 18.2 Å². The third-order valence-corrected chi connectivity index (χ3v) is 3.85. The van der Waals surface area contributed by atoms with E-state index in [9.17, 15) is 9.90 Å². The molecule has 1 unspecified atom stereocenters. The highest BCUT2D eigenvalue weighted by molar-refractivity contribution is 6.13. The summed E-state index contributed by atoms with van der Waals surface area (Å²) in [6.45, 7) is 3.73. The van der Waals surface area contributed by atoms with Gasteiger partial charge in [0.15, 0.2) is 5.78 Å². The lowest BCUT2D eigenvalue weighted by atomic mass is 9.72. The van der Waals surface area contributed by atoms with Crippen molar-refractivity contribution in [3.8, 4) is 0 Å². The summed E-state index contributed by atoms with van der Waals surface area (Å²) >= 11 is 0. The fourth-order valence-corrected chi connectivity index (χ4v) is 2.92. The van der Waals surface area contributed by atoms with Gasteiger partial charge in [0, 0.05) is 35.5 Å².